The number of nitrogens with one attached hydrogen (secondary N) is 1. The van der Waals surface area contributed by atoms with E-state index in [9.17, 15) is 9.90 Å². The molecule has 0 spiro atoms. The van der Waals surface area contributed by atoms with Crippen LogP contribution < -0.4 is 5.32 Å². The molecular weight excluding hydrogens is 414 g/mol. The second-order valence-corrected chi connectivity index (χ2v) is 11.9. The van der Waals surface area contributed by atoms with Gasteiger partial charge in [-0.25, -0.2) is 4.98 Å². The molecular formula is C23H35N3O2S2. The summed E-state index contributed by atoms with van der Waals surface area (Å²) in [6.45, 7) is 12.8. The summed E-state index contributed by atoms with van der Waals surface area (Å²) in [7, 11) is 0. The number of aromatic nitrogens is 1. The lowest BCUT2D eigenvalue weighted by Gasteiger charge is -2.53. The Bertz CT molecular complexity index is 791. The molecule has 5 nitrogen and oxygen atoms in total. The summed E-state index contributed by atoms with van der Waals surface area (Å²) in [6.07, 6.45) is 4.34. The molecule has 1 aromatic heterocycles. The highest BCUT2D eigenvalue weighted by Crippen LogP contribution is 2.57. The quantitative estimate of drug-likeness (QED) is 0.665. The smallest absolute Gasteiger partial charge is 0.225 e. The fourth-order valence-electron chi connectivity index (χ4n) is 6.04. The molecule has 0 bridgehead atoms. The molecule has 4 rings (SSSR count). The standard InChI is InChI=1S/C23H35N3O2S2/c1-5-8-24-22-25-19-15(3)18-20(27)16(6-7-23(18,4)13-17(19)30-22)14(2)21(28)26-9-11-29-12-10-26/h5,14-16,18,20,27H,1,6-13H2,2-4H3,(H,24,25)/t14-,15+,16+,18+,20-,23+/m0/s1. The maximum Gasteiger partial charge on any atom is 0.225 e. The number of aliphatic hydroxyl groups excluding tert-OH is 1. The zero-order valence-electron chi connectivity index (χ0n) is 18.4. The van der Waals surface area contributed by atoms with E-state index in [-0.39, 0.29) is 35.0 Å². The summed E-state index contributed by atoms with van der Waals surface area (Å²) in [5, 5.41) is 15.8. The normalized spacial score (nSPS) is 34.6. The van der Waals surface area contributed by atoms with Crippen LogP contribution in [0.2, 0.25) is 0 Å². The average molecular weight is 450 g/mol. The predicted molar refractivity (Wildman–Crippen MR) is 126 cm³/mol. The molecule has 0 aromatic carbocycles. The molecule has 7 heteroatoms. The highest BCUT2D eigenvalue weighted by molar-refractivity contribution is 7.99. The summed E-state index contributed by atoms with van der Waals surface area (Å²) in [6, 6.07) is 0. The molecule has 1 saturated carbocycles. The highest BCUT2D eigenvalue weighted by atomic mass is 32.2. The number of aliphatic hydroxyl groups is 1. The average Bonchev–Trinajstić information content (AvgIpc) is 3.14. The Balaban J connectivity index is 1.54. The number of amides is 1. The van der Waals surface area contributed by atoms with E-state index in [0.29, 0.717) is 6.54 Å². The van der Waals surface area contributed by atoms with Crippen LogP contribution in [0.15, 0.2) is 12.7 Å². The van der Waals surface area contributed by atoms with E-state index >= 15 is 0 Å². The minimum atomic E-state index is -0.462. The third-order valence-electron chi connectivity index (χ3n) is 7.67. The van der Waals surface area contributed by atoms with Crippen LogP contribution in [0, 0.1) is 23.2 Å². The van der Waals surface area contributed by atoms with Crippen molar-refractivity contribution in [3.8, 4) is 0 Å². The number of thioether (sulfide) groups is 1. The van der Waals surface area contributed by atoms with Crippen molar-refractivity contribution in [3.05, 3.63) is 23.2 Å². The van der Waals surface area contributed by atoms with Crippen molar-refractivity contribution in [2.75, 3.05) is 36.5 Å². The zero-order chi connectivity index (χ0) is 21.5. The van der Waals surface area contributed by atoms with E-state index < -0.39 is 6.10 Å². The molecule has 1 aliphatic heterocycles. The first-order valence-electron chi connectivity index (χ1n) is 11.2. The minimum absolute atomic E-state index is 0.0335. The number of thiazole rings is 1. The minimum Gasteiger partial charge on any atom is -0.392 e. The van der Waals surface area contributed by atoms with Gasteiger partial charge < -0.3 is 15.3 Å². The van der Waals surface area contributed by atoms with Crippen LogP contribution in [0.4, 0.5) is 5.13 Å². The Labute approximate surface area is 188 Å². The van der Waals surface area contributed by atoms with Crippen LogP contribution >= 0.6 is 23.1 Å². The topological polar surface area (TPSA) is 65.5 Å². The Morgan fingerprint density at radius 2 is 2.20 bits per heavy atom. The number of carbonyl (C=O) groups excluding carboxylic acids is 1. The van der Waals surface area contributed by atoms with Crippen molar-refractivity contribution < 1.29 is 9.90 Å². The predicted octanol–water partition coefficient (Wildman–Crippen LogP) is 4.01. The van der Waals surface area contributed by atoms with Gasteiger partial charge in [0.25, 0.3) is 0 Å². The summed E-state index contributed by atoms with van der Waals surface area (Å²) in [4.78, 5) is 21.4. The number of fused-ring (bicyclic) bond motifs is 2. The van der Waals surface area contributed by atoms with Crippen LogP contribution in [-0.2, 0) is 11.2 Å². The van der Waals surface area contributed by atoms with Crippen LogP contribution in [0.25, 0.3) is 0 Å². The lowest BCUT2D eigenvalue weighted by atomic mass is 9.53. The van der Waals surface area contributed by atoms with Gasteiger partial charge in [-0.2, -0.15) is 11.8 Å². The van der Waals surface area contributed by atoms with Crippen LogP contribution in [0.3, 0.4) is 0 Å². The van der Waals surface area contributed by atoms with Crippen molar-refractivity contribution >= 4 is 34.1 Å². The van der Waals surface area contributed by atoms with Gasteiger partial charge in [0, 0.05) is 47.9 Å². The monoisotopic (exact) mass is 449 g/mol. The Morgan fingerprint density at radius 3 is 2.90 bits per heavy atom. The second-order valence-electron chi connectivity index (χ2n) is 9.56. The Morgan fingerprint density at radius 1 is 1.47 bits per heavy atom. The number of nitrogens with zero attached hydrogens (tertiary/aromatic N) is 2. The van der Waals surface area contributed by atoms with Gasteiger partial charge in [-0.05, 0) is 36.5 Å². The van der Waals surface area contributed by atoms with Crippen molar-refractivity contribution in [2.45, 2.75) is 52.1 Å². The van der Waals surface area contributed by atoms with Gasteiger partial charge in [0.15, 0.2) is 5.13 Å². The van der Waals surface area contributed by atoms with E-state index in [2.05, 4.69) is 25.7 Å². The molecule has 1 saturated heterocycles. The first-order chi connectivity index (χ1) is 14.4. The van der Waals surface area contributed by atoms with Gasteiger partial charge in [-0.3, -0.25) is 4.79 Å². The van der Waals surface area contributed by atoms with Crippen molar-refractivity contribution in [1.29, 1.82) is 0 Å². The summed E-state index contributed by atoms with van der Waals surface area (Å²) in [5.41, 5.74) is 1.20. The third kappa shape index (κ3) is 3.93. The van der Waals surface area contributed by atoms with Gasteiger partial charge >= 0.3 is 0 Å². The Hall–Kier alpha value is -1.05. The zero-order valence-corrected chi connectivity index (χ0v) is 20.0. The molecule has 0 radical (unpaired) electrons. The van der Waals surface area contributed by atoms with Crippen molar-refractivity contribution in [2.24, 2.45) is 23.2 Å². The van der Waals surface area contributed by atoms with E-state index in [1.807, 2.05) is 29.7 Å². The number of hydrogen-bond donors (Lipinski definition) is 2. The number of anilines is 1. The van der Waals surface area contributed by atoms with Gasteiger partial charge in [0.2, 0.25) is 5.91 Å². The first kappa shape index (κ1) is 22.2. The molecule has 2 aliphatic carbocycles. The van der Waals surface area contributed by atoms with Crippen molar-refractivity contribution in [1.82, 2.24) is 9.88 Å². The molecule has 2 fully saturated rings. The molecule has 0 unspecified atom stereocenters. The molecule has 1 aromatic rings. The SMILES string of the molecule is C=CCNc1nc2c(s1)C[C@@]1(C)CC[C@H]([C@H](C)C(=O)N3CCSCC3)[C@H](O)[C@H]1[C@H]2C. The molecule has 2 N–H and O–H groups in total. The maximum atomic E-state index is 13.1. The van der Waals surface area contributed by atoms with Crippen LogP contribution in [-0.4, -0.2) is 58.1 Å². The lowest BCUT2D eigenvalue weighted by Crippen LogP contribution is -2.54. The van der Waals surface area contributed by atoms with Gasteiger partial charge in [-0.1, -0.05) is 26.8 Å². The summed E-state index contributed by atoms with van der Waals surface area (Å²) >= 11 is 3.67. The fourth-order valence-corrected chi connectivity index (χ4v) is 8.21. The summed E-state index contributed by atoms with van der Waals surface area (Å²) < 4.78 is 0. The Kier molecular flexibility index (Phi) is 6.52. The lowest BCUT2D eigenvalue weighted by molar-refractivity contribution is -0.144. The molecule has 166 valence electrons. The first-order valence-corrected chi connectivity index (χ1v) is 13.2. The van der Waals surface area contributed by atoms with Crippen LogP contribution in [0.1, 0.15) is 50.1 Å². The highest BCUT2D eigenvalue weighted by Gasteiger charge is 2.54. The second kappa shape index (κ2) is 8.83. The van der Waals surface area contributed by atoms with Crippen LogP contribution in [0.5, 0.6) is 0 Å². The molecule has 3 aliphatic rings. The van der Waals surface area contributed by atoms with E-state index in [4.69, 9.17) is 4.98 Å². The molecule has 1 amide bonds. The number of carbonyl (C=O) groups is 1. The van der Waals surface area contributed by atoms with Crippen molar-refractivity contribution in [3.63, 3.8) is 0 Å². The largest absolute Gasteiger partial charge is 0.392 e. The van der Waals surface area contributed by atoms with E-state index in [1.165, 1.54) is 4.88 Å². The number of rotatable bonds is 5. The van der Waals surface area contributed by atoms with E-state index in [0.717, 1.165) is 54.7 Å². The fraction of sp³-hybridized carbons (Fsp3) is 0.739. The number of hydrogen-bond acceptors (Lipinski definition) is 6. The molecule has 30 heavy (non-hydrogen) atoms. The molecule has 2 heterocycles. The van der Waals surface area contributed by atoms with Gasteiger partial charge in [0.1, 0.15) is 0 Å². The van der Waals surface area contributed by atoms with E-state index in [1.54, 1.807) is 11.3 Å². The van der Waals surface area contributed by atoms with Gasteiger partial charge in [0.05, 0.1) is 11.8 Å². The molecule has 6 atom stereocenters. The third-order valence-corrected chi connectivity index (χ3v) is 9.65. The van der Waals surface area contributed by atoms with Gasteiger partial charge in [-0.15, -0.1) is 17.9 Å². The summed E-state index contributed by atoms with van der Waals surface area (Å²) in [5.74, 6) is 2.53. The maximum absolute atomic E-state index is 13.1.